The van der Waals surface area contributed by atoms with Gasteiger partial charge >= 0.3 is 0 Å². The summed E-state index contributed by atoms with van der Waals surface area (Å²) < 4.78 is 5.12. The van der Waals surface area contributed by atoms with Crippen molar-refractivity contribution in [2.24, 2.45) is 0 Å². The highest BCUT2D eigenvalue weighted by Gasteiger charge is 2.09. The van der Waals surface area contributed by atoms with Crippen LogP contribution in [0.5, 0.6) is 5.75 Å². The zero-order chi connectivity index (χ0) is 11.0. The molecule has 0 bridgehead atoms. The quantitative estimate of drug-likeness (QED) is 0.757. The van der Waals surface area contributed by atoms with E-state index in [4.69, 9.17) is 27.9 Å². The summed E-state index contributed by atoms with van der Waals surface area (Å²) in [5.74, 6) is 0.742. The van der Waals surface area contributed by atoms with Crippen molar-refractivity contribution in [3.05, 3.63) is 33.9 Å². The van der Waals surface area contributed by atoms with Gasteiger partial charge < -0.3 is 4.74 Å². The Morgan fingerprint density at radius 2 is 1.93 bits per heavy atom. The summed E-state index contributed by atoms with van der Waals surface area (Å²) in [4.78, 5) is 4.34. The minimum absolute atomic E-state index is 0.498. The number of methoxy groups -OCH3 is 1. The molecule has 0 saturated carbocycles. The number of ether oxygens (including phenoxy) is 1. The summed E-state index contributed by atoms with van der Waals surface area (Å²) in [6.07, 6.45) is 0. The van der Waals surface area contributed by atoms with Gasteiger partial charge in [0, 0.05) is 5.39 Å². The number of pyridine rings is 1. The van der Waals surface area contributed by atoms with E-state index in [0.717, 1.165) is 22.3 Å². The van der Waals surface area contributed by atoms with E-state index in [-0.39, 0.29) is 0 Å². The van der Waals surface area contributed by atoms with E-state index in [9.17, 15) is 0 Å². The lowest BCUT2D eigenvalue weighted by atomic mass is 10.2. The Morgan fingerprint density at radius 1 is 1.20 bits per heavy atom. The first-order valence-corrected chi connectivity index (χ1v) is 5.18. The highest BCUT2D eigenvalue weighted by Crippen LogP contribution is 2.33. The van der Waals surface area contributed by atoms with Gasteiger partial charge in [-0.05, 0) is 25.1 Å². The van der Waals surface area contributed by atoms with E-state index in [2.05, 4.69) is 4.98 Å². The summed E-state index contributed by atoms with van der Waals surface area (Å²) in [7, 11) is 1.61. The molecule has 0 aliphatic heterocycles. The highest BCUT2D eigenvalue weighted by atomic mass is 35.5. The first kappa shape index (κ1) is 10.5. The van der Waals surface area contributed by atoms with Gasteiger partial charge in [-0.25, -0.2) is 0 Å². The smallest absolute Gasteiger partial charge is 0.119 e. The maximum atomic E-state index is 6.13. The van der Waals surface area contributed by atoms with Crippen molar-refractivity contribution >= 4 is 34.1 Å². The Balaban J connectivity index is 2.81. The second kappa shape index (κ2) is 3.87. The highest BCUT2D eigenvalue weighted by molar-refractivity contribution is 6.45. The van der Waals surface area contributed by atoms with Crippen molar-refractivity contribution in [1.29, 1.82) is 0 Å². The standard InChI is InChI=1S/C11H9Cl2NO/c1-6-10(12)11(13)8-5-7(15-2)3-4-9(8)14-6/h3-5H,1-2H3. The Labute approximate surface area is 97.8 Å². The molecule has 1 aromatic heterocycles. The van der Waals surface area contributed by atoms with Crippen LogP contribution in [-0.4, -0.2) is 12.1 Å². The van der Waals surface area contributed by atoms with E-state index in [1.165, 1.54) is 0 Å². The monoisotopic (exact) mass is 241 g/mol. The number of halogens is 2. The fourth-order valence-corrected chi connectivity index (χ4v) is 1.85. The number of aryl methyl sites for hydroxylation is 1. The maximum absolute atomic E-state index is 6.13. The molecule has 0 aliphatic carbocycles. The second-order valence-electron chi connectivity index (χ2n) is 3.21. The summed E-state index contributed by atoms with van der Waals surface area (Å²) >= 11 is 12.1. The molecular weight excluding hydrogens is 233 g/mol. The normalized spacial score (nSPS) is 10.7. The molecule has 78 valence electrons. The molecule has 0 N–H and O–H groups in total. The minimum atomic E-state index is 0.498. The Bertz CT molecular complexity index is 525. The fraction of sp³-hybridized carbons (Fsp3) is 0.182. The van der Waals surface area contributed by atoms with Crippen LogP contribution in [0.15, 0.2) is 18.2 Å². The summed E-state index contributed by atoms with van der Waals surface area (Å²) in [5, 5.41) is 1.84. The largest absolute Gasteiger partial charge is 0.497 e. The molecule has 0 unspecified atom stereocenters. The molecule has 0 atom stereocenters. The number of rotatable bonds is 1. The third kappa shape index (κ3) is 1.75. The van der Waals surface area contributed by atoms with Gasteiger partial charge in [0.25, 0.3) is 0 Å². The van der Waals surface area contributed by atoms with Crippen LogP contribution in [0.2, 0.25) is 10.0 Å². The van der Waals surface area contributed by atoms with Crippen LogP contribution in [0.3, 0.4) is 0 Å². The van der Waals surface area contributed by atoms with Crippen LogP contribution in [-0.2, 0) is 0 Å². The average Bonchev–Trinajstić information content (AvgIpc) is 2.26. The predicted octanol–water partition coefficient (Wildman–Crippen LogP) is 3.86. The zero-order valence-electron chi connectivity index (χ0n) is 8.34. The van der Waals surface area contributed by atoms with Crippen LogP contribution in [0.25, 0.3) is 10.9 Å². The molecule has 0 aliphatic rings. The summed E-state index contributed by atoms with van der Waals surface area (Å²) in [6, 6.07) is 5.54. The van der Waals surface area contributed by atoms with Gasteiger partial charge in [-0.15, -0.1) is 0 Å². The average molecular weight is 242 g/mol. The van der Waals surface area contributed by atoms with Crippen molar-refractivity contribution < 1.29 is 4.74 Å². The maximum Gasteiger partial charge on any atom is 0.119 e. The third-order valence-corrected chi connectivity index (χ3v) is 3.19. The van der Waals surface area contributed by atoms with Crippen LogP contribution >= 0.6 is 23.2 Å². The lowest BCUT2D eigenvalue weighted by molar-refractivity contribution is 0.415. The van der Waals surface area contributed by atoms with Gasteiger partial charge in [-0.3, -0.25) is 4.98 Å². The number of fused-ring (bicyclic) bond motifs is 1. The Hall–Kier alpha value is -0.990. The summed E-state index contributed by atoms with van der Waals surface area (Å²) in [6.45, 7) is 1.83. The molecule has 1 aromatic carbocycles. The van der Waals surface area contributed by atoms with Gasteiger partial charge in [0.2, 0.25) is 0 Å². The van der Waals surface area contributed by atoms with Gasteiger partial charge in [0.05, 0.1) is 28.4 Å². The molecule has 1 heterocycles. The third-order valence-electron chi connectivity index (χ3n) is 2.24. The molecule has 2 rings (SSSR count). The molecule has 0 amide bonds. The molecule has 0 saturated heterocycles. The number of aromatic nitrogens is 1. The fourth-order valence-electron chi connectivity index (χ4n) is 1.42. The SMILES string of the molecule is COc1ccc2nc(C)c(Cl)c(Cl)c2c1. The number of hydrogen-bond acceptors (Lipinski definition) is 2. The van der Waals surface area contributed by atoms with Gasteiger partial charge in [-0.2, -0.15) is 0 Å². The summed E-state index contributed by atoms with van der Waals surface area (Å²) in [5.41, 5.74) is 1.56. The molecule has 2 nitrogen and oxygen atoms in total. The Morgan fingerprint density at radius 3 is 2.60 bits per heavy atom. The van der Waals surface area contributed by atoms with Crippen LogP contribution in [0.4, 0.5) is 0 Å². The molecule has 0 spiro atoms. The number of hydrogen-bond donors (Lipinski definition) is 0. The van der Waals surface area contributed by atoms with Gasteiger partial charge in [-0.1, -0.05) is 23.2 Å². The van der Waals surface area contributed by atoms with Gasteiger partial charge in [0.1, 0.15) is 5.75 Å². The van der Waals surface area contributed by atoms with Crippen molar-refractivity contribution in [2.45, 2.75) is 6.92 Å². The molecule has 4 heteroatoms. The molecule has 0 fully saturated rings. The van der Waals surface area contributed by atoms with E-state index in [1.807, 2.05) is 25.1 Å². The van der Waals surface area contributed by atoms with Crippen molar-refractivity contribution in [3.63, 3.8) is 0 Å². The van der Waals surface area contributed by atoms with Crippen molar-refractivity contribution in [3.8, 4) is 5.75 Å². The Kier molecular flexibility index (Phi) is 2.72. The van der Waals surface area contributed by atoms with E-state index < -0.39 is 0 Å². The topological polar surface area (TPSA) is 22.1 Å². The second-order valence-corrected chi connectivity index (χ2v) is 3.96. The first-order valence-electron chi connectivity index (χ1n) is 4.43. The van der Waals surface area contributed by atoms with E-state index in [1.54, 1.807) is 7.11 Å². The zero-order valence-corrected chi connectivity index (χ0v) is 9.86. The molecule has 15 heavy (non-hydrogen) atoms. The number of nitrogens with zero attached hydrogens (tertiary/aromatic N) is 1. The van der Waals surface area contributed by atoms with Gasteiger partial charge in [0.15, 0.2) is 0 Å². The predicted molar refractivity (Wildman–Crippen MR) is 63.1 cm³/mol. The van der Waals surface area contributed by atoms with E-state index >= 15 is 0 Å². The molecular formula is C11H9Cl2NO. The van der Waals surface area contributed by atoms with Crippen LogP contribution in [0, 0.1) is 6.92 Å². The first-order chi connectivity index (χ1) is 7.13. The molecule has 2 aromatic rings. The minimum Gasteiger partial charge on any atom is -0.497 e. The number of benzene rings is 1. The van der Waals surface area contributed by atoms with Crippen LogP contribution in [0.1, 0.15) is 5.69 Å². The van der Waals surface area contributed by atoms with Crippen LogP contribution < -0.4 is 4.74 Å². The van der Waals surface area contributed by atoms with Crippen molar-refractivity contribution in [1.82, 2.24) is 4.98 Å². The van der Waals surface area contributed by atoms with E-state index in [0.29, 0.717) is 10.0 Å². The lowest BCUT2D eigenvalue weighted by Crippen LogP contribution is -1.89. The van der Waals surface area contributed by atoms with Crippen molar-refractivity contribution in [2.75, 3.05) is 7.11 Å². The lowest BCUT2D eigenvalue weighted by Gasteiger charge is -2.07. The molecule has 0 radical (unpaired) electrons.